The lowest BCUT2D eigenvalue weighted by atomic mass is 9.76. The highest BCUT2D eigenvalue weighted by Gasteiger charge is 2.70. The number of nitrogens with zero attached hydrogens (tertiary/aromatic N) is 1. The number of nitrogens with one attached hydrogen (secondary N) is 2. The molecule has 0 saturated carbocycles. The number of aromatic hydroxyl groups is 1. The number of phenols is 1. The third-order valence-corrected chi connectivity index (χ3v) is 7.13. The van der Waals surface area contributed by atoms with Gasteiger partial charge in [-0.1, -0.05) is 37.1 Å². The van der Waals surface area contributed by atoms with Crippen LogP contribution in [-0.4, -0.2) is 40.3 Å². The lowest BCUT2D eigenvalue weighted by Gasteiger charge is -2.29. The normalized spacial score (nSPS) is 28.4. The molecule has 0 unspecified atom stereocenters. The van der Waals surface area contributed by atoms with Gasteiger partial charge >= 0.3 is 0 Å². The van der Waals surface area contributed by atoms with Gasteiger partial charge in [-0.25, -0.2) is 0 Å². The van der Waals surface area contributed by atoms with Crippen molar-refractivity contribution < 1.29 is 19.5 Å². The summed E-state index contributed by atoms with van der Waals surface area (Å²) >= 11 is 6.27. The minimum atomic E-state index is -1.35. The summed E-state index contributed by atoms with van der Waals surface area (Å²) in [4.78, 5) is 41.7. The number of amides is 3. The average Bonchev–Trinajstić information content (AvgIpc) is 3.34. The molecule has 1 spiro atoms. The van der Waals surface area contributed by atoms with E-state index in [-0.39, 0.29) is 23.5 Å². The molecule has 2 fully saturated rings. The summed E-state index contributed by atoms with van der Waals surface area (Å²) in [7, 11) is 0. The molecule has 2 aromatic carbocycles. The number of hydrogen-bond acceptors (Lipinski definition) is 5. The minimum Gasteiger partial charge on any atom is -0.508 e. The van der Waals surface area contributed by atoms with Gasteiger partial charge in [-0.2, -0.15) is 0 Å². The van der Waals surface area contributed by atoms with Crippen LogP contribution in [0.2, 0.25) is 5.02 Å². The highest BCUT2D eigenvalue weighted by Crippen LogP contribution is 2.53. The molecule has 0 aliphatic carbocycles. The Hall–Kier alpha value is -2.90. The fourth-order valence-electron chi connectivity index (χ4n) is 5.43. The van der Waals surface area contributed by atoms with Crippen molar-refractivity contribution in [1.82, 2.24) is 10.2 Å². The van der Waals surface area contributed by atoms with Crippen LogP contribution in [0, 0.1) is 11.8 Å². The van der Waals surface area contributed by atoms with E-state index in [4.69, 9.17) is 11.6 Å². The van der Waals surface area contributed by atoms with Crippen molar-refractivity contribution in [2.75, 3.05) is 11.9 Å². The Labute approximate surface area is 190 Å². The van der Waals surface area contributed by atoms with Gasteiger partial charge in [0.1, 0.15) is 11.3 Å². The van der Waals surface area contributed by atoms with E-state index in [1.807, 2.05) is 6.92 Å². The summed E-state index contributed by atoms with van der Waals surface area (Å²) in [5.41, 5.74) is 0.758. The summed E-state index contributed by atoms with van der Waals surface area (Å²) in [5.74, 6) is -2.23. The molecule has 4 atom stereocenters. The van der Waals surface area contributed by atoms with Gasteiger partial charge in [-0.05, 0) is 48.7 Å². The van der Waals surface area contributed by atoms with Crippen molar-refractivity contribution in [2.24, 2.45) is 11.8 Å². The van der Waals surface area contributed by atoms with Gasteiger partial charge in [0.25, 0.3) is 0 Å². The van der Waals surface area contributed by atoms with Crippen LogP contribution in [0.4, 0.5) is 5.69 Å². The molecule has 3 amide bonds. The van der Waals surface area contributed by atoms with Crippen LogP contribution < -0.4 is 10.6 Å². The molecule has 7 nitrogen and oxygen atoms in total. The van der Waals surface area contributed by atoms with Gasteiger partial charge < -0.3 is 10.4 Å². The molecule has 3 aliphatic heterocycles. The summed E-state index contributed by atoms with van der Waals surface area (Å²) in [6.07, 6.45) is 2.01. The number of phenolic OH excluding ortho intramolecular Hbond substituents is 1. The Morgan fingerprint density at radius 1 is 1.09 bits per heavy atom. The van der Waals surface area contributed by atoms with Gasteiger partial charge in [0.2, 0.25) is 17.7 Å². The minimum absolute atomic E-state index is 0.152. The number of benzene rings is 2. The first-order chi connectivity index (χ1) is 15.4. The number of hydrogen-bond donors (Lipinski definition) is 3. The molecule has 3 N–H and O–H groups in total. The largest absolute Gasteiger partial charge is 0.508 e. The van der Waals surface area contributed by atoms with Crippen molar-refractivity contribution in [1.29, 1.82) is 0 Å². The number of carbonyl (C=O) groups is 3. The fourth-order valence-corrected chi connectivity index (χ4v) is 5.60. The van der Waals surface area contributed by atoms with Gasteiger partial charge in [0, 0.05) is 28.9 Å². The van der Waals surface area contributed by atoms with E-state index >= 15 is 0 Å². The van der Waals surface area contributed by atoms with Gasteiger partial charge in [-0.3, -0.25) is 24.6 Å². The maximum Gasteiger partial charge on any atom is 0.250 e. The van der Waals surface area contributed by atoms with Crippen LogP contribution in [0.1, 0.15) is 30.9 Å². The maximum absolute atomic E-state index is 13.6. The number of carbonyl (C=O) groups excluding carboxylic acids is 3. The summed E-state index contributed by atoms with van der Waals surface area (Å²) in [6, 6.07) is 11.4. The van der Waals surface area contributed by atoms with E-state index in [0.717, 1.165) is 12.0 Å². The van der Waals surface area contributed by atoms with Crippen LogP contribution in [0.15, 0.2) is 42.5 Å². The quantitative estimate of drug-likeness (QED) is 0.605. The molecule has 32 heavy (non-hydrogen) atoms. The number of halogens is 1. The number of likely N-dealkylation sites (tertiary alicyclic amines) is 1. The van der Waals surface area contributed by atoms with Crippen molar-refractivity contribution in [3.8, 4) is 5.75 Å². The predicted octanol–water partition coefficient (Wildman–Crippen LogP) is 2.81. The molecule has 2 aromatic rings. The number of fused-ring (bicyclic) bond motifs is 4. The van der Waals surface area contributed by atoms with Crippen LogP contribution in [0.25, 0.3) is 0 Å². The standard InChI is InChI=1S/C24H24ClN3O4/c1-2-3-10-28-21(30)19-18(11-13-4-7-15(29)8-5-13)27-24(20(19)22(28)31)16-12-14(25)6-9-17(16)26-23(24)32/h4-9,12,18-20,27,29H,2-3,10-11H2,1H3,(H,26,32)/t18-,19-,20-,24+/m0/s1. The molecule has 2 saturated heterocycles. The van der Waals surface area contributed by atoms with Crippen molar-refractivity contribution in [2.45, 2.75) is 37.8 Å². The molecule has 166 valence electrons. The number of rotatable bonds is 5. The molecule has 3 heterocycles. The van der Waals surface area contributed by atoms with E-state index in [1.165, 1.54) is 4.90 Å². The maximum atomic E-state index is 13.6. The zero-order valence-corrected chi connectivity index (χ0v) is 18.4. The monoisotopic (exact) mass is 453 g/mol. The Morgan fingerprint density at radius 2 is 1.84 bits per heavy atom. The van der Waals surface area contributed by atoms with Crippen molar-refractivity contribution >= 4 is 35.0 Å². The van der Waals surface area contributed by atoms with Gasteiger partial charge in [0.15, 0.2) is 0 Å². The Balaban J connectivity index is 1.61. The Bertz CT molecular complexity index is 1120. The number of imide groups is 1. The summed E-state index contributed by atoms with van der Waals surface area (Å²) in [5, 5.41) is 16.4. The average molecular weight is 454 g/mol. The van der Waals surface area contributed by atoms with Crippen LogP contribution in [0.5, 0.6) is 5.75 Å². The Kier molecular flexibility index (Phi) is 4.98. The molecule has 0 aromatic heterocycles. The molecule has 0 radical (unpaired) electrons. The summed E-state index contributed by atoms with van der Waals surface area (Å²) in [6.45, 7) is 2.36. The van der Waals surface area contributed by atoms with Crippen LogP contribution in [0.3, 0.4) is 0 Å². The smallest absolute Gasteiger partial charge is 0.250 e. The second kappa shape index (κ2) is 7.60. The first kappa shape index (κ1) is 21.0. The number of anilines is 1. The third-order valence-electron chi connectivity index (χ3n) is 6.90. The lowest BCUT2D eigenvalue weighted by molar-refractivity contribution is -0.142. The fraction of sp³-hybridized carbons (Fsp3) is 0.375. The van der Waals surface area contributed by atoms with Crippen molar-refractivity contribution in [3.05, 3.63) is 58.6 Å². The molecule has 5 rings (SSSR count). The highest BCUT2D eigenvalue weighted by atomic mass is 35.5. The summed E-state index contributed by atoms with van der Waals surface area (Å²) < 4.78 is 0. The molecular formula is C24H24ClN3O4. The second-order valence-corrected chi connectivity index (χ2v) is 9.20. The first-order valence-corrected chi connectivity index (χ1v) is 11.3. The molecule has 0 bridgehead atoms. The van der Waals surface area contributed by atoms with E-state index in [0.29, 0.717) is 35.7 Å². The third kappa shape index (κ3) is 2.95. The van der Waals surface area contributed by atoms with Gasteiger partial charge in [-0.15, -0.1) is 0 Å². The van der Waals surface area contributed by atoms with Crippen LogP contribution >= 0.6 is 11.6 Å². The second-order valence-electron chi connectivity index (χ2n) is 8.76. The zero-order chi connectivity index (χ0) is 22.6. The molecule has 8 heteroatoms. The lowest BCUT2D eigenvalue weighted by Crippen LogP contribution is -2.53. The van der Waals surface area contributed by atoms with E-state index in [9.17, 15) is 19.5 Å². The van der Waals surface area contributed by atoms with Gasteiger partial charge in [0.05, 0.1) is 11.8 Å². The predicted molar refractivity (Wildman–Crippen MR) is 119 cm³/mol. The topological polar surface area (TPSA) is 98.7 Å². The molecule has 3 aliphatic rings. The van der Waals surface area contributed by atoms with E-state index < -0.39 is 23.4 Å². The Morgan fingerprint density at radius 3 is 2.56 bits per heavy atom. The van der Waals surface area contributed by atoms with Crippen LogP contribution in [-0.2, 0) is 26.3 Å². The highest BCUT2D eigenvalue weighted by molar-refractivity contribution is 6.31. The number of unbranched alkanes of at least 4 members (excludes halogenated alkanes) is 1. The SMILES string of the molecule is CCCCN1C(=O)[C@H]2[C@H](Cc3ccc(O)cc3)N[C@@]3(C(=O)Nc4ccc(Cl)cc43)[C@@H]2C1=O. The van der Waals surface area contributed by atoms with Crippen molar-refractivity contribution in [3.63, 3.8) is 0 Å². The van der Waals surface area contributed by atoms with E-state index in [1.54, 1.807) is 42.5 Å². The zero-order valence-electron chi connectivity index (χ0n) is 17.6. The first-order valence-electron chi connectivity index (χ1n) is 10.9. The molecular weight excluding hydrogens is 430 g/mol. The van der Waals surface area contributed by atoms with E-state index in [2.05, 4.69) is 10.6 Å².